The van der Waals surface area contributed by atoms with Crippen molar-refractivity contribution < 1.29 is 14.3 Å². The molecule has 0 rings (SSSR count). The molecule has 3 heteroatoms. The predicted octanol–water partition coefficient (Wildman–Crippen LogP) is 3.32. The lowest BCUT2D eigenvalue weighted by atomic mass is 10.1. The number of carbonyl (C=O) groups excluding carboxylic acids is 1. The molecule has 0 saturated carbocycles. The molecule has 0 spiro atoms. The van der Waals surface area contributed by atoms with E-state index in [0.29, 0.717) is 19.7 Å². The molecule has 0 aliphatic heterocycles. The van der Waals surface area contributed by atoms with Gasteiger partial charge in [-0.15, -0.1) is 6.42 Å². The van der Waals surface area contributed by atoms with Crippen LogP contribution in [0.15, 0.2) is 0 Å². The molecule has 0 atom stereocenters. The molecule has 0 unspecified atom stereocenters. The molecule has 0 radical (unpaired) electrons. The molecular weight excluding hydrogens is 228 g/mol. The van der Waals surface area contributed by atoms with Gasteiger partial charge >= 0.3 is 0 Å². The maximum Gasteiger partial charge on any atom is 0.293 e. The summed E-state index contributed by atoms with van der Waals surface area (Å²) in [5, 5.41) is 0. The van der Waals surface area contributed by atoms with Gasteiger partial charge in [0.2, 0.25) is 0 Å². The van der Waals surface area contributed by atoms with E-state index >= 15 is 0 Å². The second-order valence-corrected chi connectivity index (χ2v) is 4.41. The summed E-state index contributed by atoms with van der Waals surface area (Å²) in [7, 11) is 0. The number of carbonyl (C=O) groups is 1. The van der Waals surface area contributed by atoms with Crippen molar-refractivity contribution in [1.29, 1.82) is 0 Å². The van der Waals surface area contributed by atoms with Crippen molar-refractivity contribution in [2.75, 3.05) is 19.8 Å². The van der Waals surface area contributed by atoms with E-state index in [1.54, 1.807) is 0 Å². The predicted molar refractivity (Wildman–Crippen MR) is 73.2 cm³/mol. The third-order valence-corrected chi connectivity index (χ3v) is 2.80. The molecule has 0 aromatic heterocycles. The molecule has 18 heavy (non-hydrogen) atoms. The van der Waals surface area contributed by atoms with Crippen LogP contribution in [-0.4, -0.2) is 26.3 Å². The van der Waals surface area contributed by atoms with Crippen LogP contribution < -0.4 is 0 Å². The largest absolute Gasteiger partial charge is 0.468 e. The van der Waals surface area contributed by atoms with Gasteiger partial charge in [0, 0.05) is 6.61 Å². The monoisotopic (exact) mass is 254 g/mol. The maximum absolute atomic E-state index is 9.88. The number of hydrogen-bond acceptors (Lipinski definition) is 3. The van der Waals surface area contributed by atoms with Crippen molar-refractivity contribution in [2.24, 2.45) is 0 Å². The van der Waals surface area contributed by atoms with Crippen LogP contribution in [0, 0.1) is 12.3 Å². The van der Waals surface area contributed by atoms with Gasteiger partial charge in [0.05, 0.1) is 6.61 Å². The van der Waals surface area contributed by atoms with E-state index in [9.17, 15) is 4.79 Å². The summed E-state index contributed by atoms with van der Waals surface area (Å²) < 4.78 is 9.83. The number of ether oxygens (including phenoxy) is 2. The van der Waals surface area contributed by atoms with Crippen molar-refractivity contribution >= 4 is 6.47 Å². The minimum absolute atomic E-state index is 0.438. The van der Waals surface area contributed by atoms with Gasteiger partial charge in [0.15, 0.2) is 0 Å². The summed E-state index contributed by atoms with van der Waals surface area (Å²) in [6.45, 7) is 2.32. The lowest BCUT2D eigenvalue weighted by Crippen LogP contribution is -1.94. The first kappa shape index (κ1) is 17.0. The Hall–Kier alpha value is -1.01. The average molecular weight is 254 g/mol. The highest BCUT2D eigenvalue weighted by Gasteiger charge is 1.93. The lowest BCUT2D eigenvalue weighted by Gasteiger charge is -2.02. The van der Waals surface area contributed by atoms with Crippen LogP contribution in [0.2, 0.25) is 0 Å². The van der Waals surface area contributed by atoms with Crippen molar-refractivity contribution in [1.82, 2.24) is 0 Å². The standard InChI is InChI=1S/C15H26O3/c1-2-12-17-13-10-8-6-4-3-5-7-9-11-14-18-15-16/h1,15H,3-14H2. The van der Waals surface area contributed by atoms with E-state index in [2.05, 4.69) is 10.7 Å². The quantitative estimate of drug-likeness (QED) is 0.271. The van der Waals surface area contributed by atoms with E-state index < -0.39 is 0 Å². The minimum atomic E-state index is 0.438. The Morgan fingerprint density at radius 2 is 1.33 bits per heavy atom. The third-order valence-electron chi connectivity index (χ3n) is 2.80. The van der Waals surface area contributed by atoms with Crippen LogP contribution in [-0.2, 0) is 14.3 Å². The Morgan fingerprint density at radius 3 is 1.83 bits per heavy atom. The number of terminal acetylenes is 1. The first-order valence-electron chi connectivity index (χ1n) is 6.98. The first-order valence-corrected chi connectivity index (χ1v) is 6.98. The summed E-state index contributed by atoms with van der Waals surface area (Å²) in [5.41, 5.74) is 0. The zero-order chi connectivity index (χ0) is 13.3. The van der Waals surface area contributed by atoms with Gasteiger partial charge < -0.3 is 9.47 Å². The zero-order valence-corrected chi connectivity index (χ0v) is 11.4. The summed E-state index contributed by atoms with van der Waals surface area (Å²) in [4.78, 5) is 9.88. The van der Waals surface area contributed by atoms with Crippen LogP contribution in [0.5, 0.6) is 0 Å². The fourth-order valence-electron chi connectivity index (χ4n) is 1.81. The first-order chi connectivity index (χ1) is 8.91. The molecule has 0 fully saturated rings. The zero-order valence-electron chi connectivity index (χ0n) is 11.4. The molecule has 0 amide bonds. The van der Waals surface area contributed by atoms with Gasteiger partial charge in [-0.1, -0.05) is 50.9 Å². The maximum atomic E-state index is 9.88. The average Bonchev–Trinajstić information content (AvgIpc) is 2.39. The van der Waals surface area contributed by atoms with Crippen LogP contribution in [0.1, 0.15) is 57.8 Å². The van der Waals surface area contributed by atoms with Crippen molar-refractivity contribution in [2.45, 2.75) is 57.8 Å². The van der Waals surface area contributed by atoms with Crippen LogP contribution in [0.3, 0.4) is 0 Å². The van der Waals surface area contributed by atoms with Crippen molar-refractivity contribution in [3.8, 4) is 12.3 Å². The molecule has 0 aromatic rings. The summed E-state index contributed by atoms with van der Waals surface area (Å²) in [6.07, 6.45) is 16.0. The van der Waals surface area contributed by atoms with E-state index in [1.807, 2.05) is 0 Å². The van der Waals surface area contributed by atoms with E-state index in [1.165, 1.54) is 38.5 Å². The number of rotatable bonds is 14. The topological polar surface area (TPSA) is 35.5 Å². The third kappa shape index (κ3) is 15.0. The van der Waals surface area contributed by atoms with Crippen LogP contribution in [0.25, 0.3) is 0 Å². The molecule has 0 saturated heterocycles. The molecule has 0 N–H and O–H groups in total. The smallest absolute Gasteiger partial charge is 0.293 e. The highest BCUT2D eigenvalue weighted by molar-refractivity contribution is 5.36. The fraction of sp³-hybridized carbons (Fsp3) is 0.800. The second-order valence-electron chi connectivity index (χ2n) is 4.41. The van der Waals surface area contributed by atoms with Crippen molar-refractivity contribution in [3.05, 3.63) is 0 Å². The minimum Gasteiger partial charge on any atom is -0.468 e. The van der Waals surface area contributed by atoms with Gasteiger partial charge in [-0.2, -0.15) is 0 Å². The fourth-order valence-corrected chi connectivity index (χ4v) is 1.81. The van der Waals surface area contributed by atoms with Gasteiger partial charge in [-0.25, -0.2) is 0 Å². The van der Waals surface area contributed by atoms with Crippen LogP contribution >= 0.6 is 0 Å². The van der Waals surface area contributed by atoms with E-state index in [4.69, 9.17) is 11.2 Å². The Bertz CT molecular complexity index is 208. The molecule has 104 valence electrons. The number of hydrogen-bond donors (Lipinski definition) is 0. The highest BCUT2D eigenvalue weighted by Crippen LogP contribution is 2.09. The Labute approximate surface area is 111 Å². The number of unbranched alkanes of at least 4 members (excludes halogenated alkanes) is 8. The summed E-state index contributed by atoms with van der Waals surface area (Å²) >= 11 is 0. The SMILES string of the molecule is C#CCOCCCCCCCCCCCOC=O. The Kier molecular flexibility index (Phi) is 15.1. The summed E-state index contributed by atoms with van der Waals surface area (Å²) in [6, 6.07) is 0. The van der Waals surface area contributed by atoms with E-state index in [0.717, 1.165) is 25.9 Å². The molecule has 0 aliphatic carbocycles. The molecule has 3 nitrogen and oxygen atoms in total. The lowest BCUT2D eigenvalue weighted by molar-refractivity contribution is -0.128. The molecule has 0 bridgehead atoms. The highest BCUT2D eigenvalue weighted by atomic mass is 16.5. The van der Waals surface area contributed by atoms with E-state index in [-0.39, 0.29) is 0 Å². The van der Waals surface area contributed by atoms with Gasteiger partial charge in [0.1, 0.15) is 6.61 Å². The Balaban J connectivity index is 2.90. The summed E-state index contributed by atoms with van der Waals surface area (Å²) in [5.74, 6) is 2.46. The van der Waals surface area contributed by atoms with Gasteiger partial charge in [-0.3, -0.25) is 4.79 Å². The van der Waals surface area contributed by atoms with Crippen molar-refractivity contribution in [3.63, 3.8) is 0 Å². The molecule has 0 heterocycles. The van der Waals surface area contributed by atoms with Crippen LogP contribution in [0.4, 0.5) is 0 Å². The van der Waals surface area contributed by atoms with Gasteiger partial charge in [-0.05, 0) is 12.8 Å². The van der Waals surface area contributed by atoms with Gasteiger partial charge in [0.25, 0.3) is 6.47 Å². The molecule has 0 aliphatic rings. The second kappa shape index (κ2) is 16.0. The Morgan fingerprint density at radius 1 is 0.833 bits per heavy atom. The normalized spacial score (nSPS) is 9.94. The molecular formula is C15H26O3. The molecule has 0 aromatic carbocycles.